The Kier molecular flexibility index (Phi) is 31.4. The fraction of sp³-hybridized carbons (Fsp3) is 0.783. The highest BCUT2D eigenvalue weighted by Crippen LogP contribution is 2.29. The van der Waals surface area contributed by atoms with E-state index in [-0.39, 0.29) is 0 Å². The lowest BCUT2D eigenvalue weighted by atomic mass is 10.0. The van der Waals surface area contributed by atoms with Crippen molar-refractivity contribution < 1.29 is 8.94 Å². The molecule has 10 nitrogen and oxygen atoms in total. The van der Waals surface area contributed by atoms with Crippen molar-refractivity contribution in [1.82, 2.24) is 40.1 Å². The van der Waals surface area contributed by atoms with Crippen LogP contribution in [0.1, 0.15) is 261 Å². The third kappa shape index (κ3) is 28.1. The first-order chi connectivity index (χ1) is 25.7. The van der Waals surface area contributed by atoms with Gasteiger partial charge in [-0.25, -0.2) is 9.97 Å². The second-order valence-electron chi connectivity index (χ2n) is 18.7. The van der Waals surface area contributed by atoms with E-state index in [0.29, 0.717) is 47.5 Å². The highest BCUT2D eigenvalue weighted by molar-refractivity contribution is 5.18. The van der Waals surface area contributed by atoms with Crippen LogP contribution in [-0.4, -0.2) is 40.1 Å². The Bertz CT molecular complexity index is 1260. The minimum Gasteiger partial charge on any atom is -0.445 e. The molecule has 0 aromatic carbocycles. The number of aromatic amines is 1. The minimum absolute atomic E-state index is 0.329. The summed E-state index contributed by atoms with van der Waals surface area (Å²) in [5.74, 6) is 8.81. The van der Waals surface area contributed by atoms with E-state index in [2.05, 4.69) is 195 Å². The summed E-state index contributed by atoms with van der Waals surface area (Å²) < 4.78 is 10.8. The molecule has 4 aromatic heterocycles. The van der Waals surface area contributed by atoms with Crippen molar-refractivity contribution in [3.05, 3.63) is 59.2 Å². The summed E-state index contributed by atoms with van der Waals surface area (Å²) in [5.41, 5.74) is 3.42. The number of nitrogens with one attached hydrogen (secondary N) is 1. The molecule has 1 N–H and O–H groups in total. The molecule has 0 radical (unpaired) electrons. The van der Waals surface area contributed by atoms with E-state index in [1.807, 2.05) is 18.6 Å². The number of H-pyrrole nitrogens is 1. The summed E-state index contributed by atoms with van der Waals surface area (Å²) >= 11 is 0. The maximum absolute atomic E-state index is 5.79. The normalized spacial score (nSPS) is 10.9. The molecule has 0 bridgehead atoms. The molecule has 10 heteroatoms. The van der Waals surface area contributed by atoms with Crippen LogP contribution >= 0.6 is 0 Å². The summed E-state index contributed by atoms with van der Waals surface area (Å²) in [5, 5.41) is 12.9. The Labute approximate surface area is 345 Å². The summed E-state index contributed by atoms with van der Waals surface area (Å²) in [6, 6.07) is 0.347. The summed E-state index contributed by atoms with van der Waals surface area (Å²) in [6.45, 7) is 53.4. The van der Waals surface area contributed by atoms with E-state index in [1.54, 1.807) is 18.7 Å². The molecule has 0 spiro atoms. The Morgan fingerprint density at radius 1 is 0.482 bits per heavy atom. The van der Waals surface area contributed by atoms with Gasteiger partial charge in [0.05, 0.1) is 29.5 Å². The van der Waals surface area contributed by atoms with Crippen LogP contribution in [0, 0.1) is 17.8 Å². The number of imidazole rings is 1. The molecule has 0 atom stereocenters. The third-order valence-electron chi connectivity index (χ3n) is 6.37. The van der Waals surface area contributed by atoms with Crippen LogP contribution in [0.4, 0.5) is 0 Å². The monoisotopic (exact) mass is 787 g/mol. The van der Waals surface area contributed by atoms with Gasteiger partial charge >= 0.3 is 0 Å². The second kappa shape index (κ2) is 30.8. The van der Waals surface area contributed by atoms with E-state index in [0.717, 1.165) is 58.2 Å². The van der Waals surface area contributed by atoms with Crippen LogP contribution in [0.3, 0.4) is 0 Å². The average Bonchev–Trinajstić information content (AvgIpc) is 3.87. The van der Waals surface area contributed by atoms with Gasteiger partial charge in [0.15, 0.2) is 11.7 Å². The van der Waals surface area contributed by atoms with Crippen LogP contribution in [0.5, 0.6) is 0 Å². The smallest absolute Gasteiger partial charge is 0.229 e. The van der Waals surface area contributed by atoms with Gasteiger partial charge in [-0.1, -0.05) is 164 Å². The molecule has 0 fully saturated rings. The van der Waals surface area contributed by atoms with Gasteiger partial charge in [-0.2, -0.15) is 20.0 Å². The van der Waals surface area contributed by atoms with Crippen molar-refractivity contribution >= 4 is 0 Å². The van der Waals surface area contributed by atoms with Crippen molar-refractivity contribution in [3.8, 4) is 0 Å². The molecule has 0 unspecified atom stereocenters. The lowest BCUT2D eigenvalue weighted by molar-refractivity contribution is 0.359. The lowest BCUT2D eigenvalue weighted by Gasteiger charge is -2.05. The van der Waals surface area contributed by atoms with Gasteiger partial charge in [0, 0.05) is 36.1 Å². The minimum atomic E-state index is 0.329. The van der Waals surface area contributed by atoms with E-state index < -0.39 is 0 Å². The molecule has 0 aliphatic heterocycles. The number of nitrogens with zero attached hydrogens (tertiary/aromatic N) is 7. The first kappa shape index (κ1) is 57.0. The van der Waals surface area contributed by atoms with Gasteiger partial charge < -0.3 is 13.9 Å². The first-order valence-electron chi connectivity index (χ1n) is 21.4. The zero-order valence-electron chi connectivity index (χ0n) is 41.0. The summed E-state index contributed by atoms with van der Waals surface area (Å²) in [4.78, 5) is 17.0. The maximum atomic E-state index is 5.79. The van der Waals surface area contributed by atoms with E-state index in [1.165, 1.54) is 0 Å². The molecule has 0 aliphatic rings. The quantitative estimate of drug-likeness (QED) is 0.187. The second-order valence-corrected chi connectivity index (χ2v) is 18.7. The van der Waals surface area contributed by atoms with Crippen LogP contribution in [0.15, 0.2) is 27.7 Å². The fourth-order valence-electron chi connectivity index (χ4n) is 3.77. The molecule has 0 amide bonds. The zero-order chi connectivity index (χ0) is 44.5. The SMILES string of the molecule is CC(C)C.CC(C)C.CC(C)C.CC(C)c1nc(C(C)C)c(C(C)C)o1.CC(C)c1nn(C(C)C)nc1C(C)C.CC(C)c1noc(C(C)C)n1.c1c[nH]cn1. The number of oxazole rings is 1. The molecule has 4 heterocycles. The van der Waals surface area contributed by atoms with Gasteiger partial charge in [0.1, 0.15) is 5.76 Å². The molecule has 4 aromatic rings. The van der Waals surface area contributed by atoms with Crippen molar-refractivity contribution in [2.75, 3.05) is 0 Å². The predicted molar refractivity (Wildman–Crippen MR) is 240 cm³/mol. The Hall–Kier alpha value is -3.30. The van der Waals surface area contributed by atoms with Gasteiger partial charge in [-0.05, 0) is 49.4 Å². The summed E-state index contributed by atoms with van der Waals surface area (Å²) in [6.07, 6.45) is 5.08. The van der Waals surface area contributed by atoms with Gasteiger partial charge in [-0.15, -0.1) is 0 Å². The Morgan fingerprint density at radius 2 is 0.893 bits per heavy atom. The number of hydrogen-bond donors (Lipinski definition) is 1. The van der Waals surface area contributed by atoms with Crippen molar-refractivity contribution in [1.29, 1.82) is 0 Å². The van der Waals surface area contributed by atoms with Crippen molar-refractivity contribution in [2.24, 2.45) is 17.8 Å². The topological polar surface area (TPSA) is 124 Å². The van der Waals surface area contributed by atoms with Crippen LogP contribution in [-0.2, 0) is 0 Å². The predicted octanol–water partition coefficient (Wildman–Crippen LogP) is 14.9. The number of aromatic nitrogens is 8. The van der Waals surface area contributed by atoms with Crippen molar-refractivity contribution in [3.63, 3.8) is 0 Å². The molecule has 0 saturated heterocycles. The van der Waals surface area contributed by atoms with E-state index >= 15 is 0 Å². The zero-order valence-corrected chi connectivity index (χ0v) is 41.0. The standard InChI is InChI=1S/C12H21NO.C11H21N3.C8H14N2O.3C4H10.C3H4N2/c1-7(2)10-11(8(3)4)14-12(13-10)9(5)6;1-7(2)10-11(8(3)4)13-14(12-10)9(5)6;1-5(2)7-9-8(6(3)4)11-10-7;3*1-4(2)3;1-2-5-3-4-1/h2*7-9H,1-6H3;5-6H,1-4H3;3*4H,1-3H3;1-3H,(H,4,5). The van der Waals surface area contributed by atoms with Crippen molar-refractivity contribution in [2.45, 2.75) is 221 Å². The van der Waals surface area contributed by atoms with Gasteiger partial charge in [0.25, 0.3) is 0 Å². The molecule has 326 valence electrons. The van der Waals surface area contributed by atoms with Gasteiger partial charge in [-0.3, -0.25) is 0 Å². The van der Waals surface area contributed by atoms with E-state index in [9.17, 15) is 0 Å². The molecule has 4 rings (SSSR count). The summed E-state index contributed by atoms with van der Waals surface area (Å²) in [7, 11) is 0. The third-order valence-corrected chi connectivity index (χ3v) is 6.37. The molecule has 0 saturated carbocycles. The molecule has 56 heavy (non-hydrogen) atoms. The maximum Gasteiger partial charge on any atom is 0.229 e. The van der Waals surface area contributed by atoms with Crippen LogP contribution in [0.25, 0.3) is 0 Å². The average molecular weight is 787 g/mol. The lowest BCUT2D eigenvalue weighted by Crippen LogP contribution is -2.05. The van der Waals surface area contributed by atoms with Gasteiger partial charge in [0.2, 0.25) is 5.89 Å². The van der Waals surface area contributed by atoms with Crippen LogP contribution in [0.2, 0.25) is 0 Å². The number of hydrogen-bond acceptors (Lipinski definition) is 8. The van der Waals surface area contributed by atoms with Crippen LogP contribution < -0.4 is 0 Å². The Morgan fingerprint density at radius 3 is 1.09 bits per heavy atom. The number of rotatable bonds is 8. The largest absolute Gasteiger partial charge is 0.445 e. The highest BCUT2D eigenvalue weighted by atomic mass is 16.5. The Balaban J connectivity index is -0.000000627. The molecular formula is C46H90N8O2. The molecular weight excluding hydrogens is 697 g/mol. The van der Waals surface area contributed by atoms with E-state index in [4.69, 9.17) is 8.94 Å². The fourth-order valence-corrected chi connectivity index (χ4v) is 3.77. The highest BCUT2D eigenvalue weighted by Gasteiger charge is 2.20. The first-order valence-corrected chi connectivity index (χ1v) is 21.4. The molecule has 0 aliphatic carbocycles.